The van der Waals surface area contributed by atoms with Crippen LogP contribution in [0.3, 0.4) is 0 Å². The fourth-order valence-electron chi connectivity index (χ4n) is 1.88. The Morgan fingerprint density at radius 3 is 2.25 bits per heavy atom. The fourth-order valence-corrected chi connectivity index (χ4v) is 2.12. The van der Waals surface area contributed by atoms with Crippen molar-refractivity contribution in [2.24, 2.45) is 0 Å². The second-order valence-electron chi connectivity index (χ2n) is 4.15. The summed E-state index contributed by atoms with van der Waals surface area (Å²) in [6.45, 7) is 0. The van der Waals surface area contributed by atoms with Gasteiger partial charge in [-0.1, -0.05) is 29.8 Å². The van der Waals surface area contributed by atoms with Crippen molar-refractivity contribution < 1.29 is 22.7 Å². The van der Waals surface area contributed by atoms with Crippen molar-refractivity contribution in [3.05, 3.63) is 70.0 Å². The van der Waals surface area contributed by atoms with Crippen molar-refractivity contribution >= 4 is 11.6 Å². The molecule has 1 unspecified atom stereocenters. The van der Waals surface area contributed by atoms with Gasteiger partial charge >= 0.3 is 6.18 Å². The van der Waals surface area contributed by atoms with Crippen molar-refractivity contribution in [1.82, 2.24) is 0 Å². The molecular weight excluding hydrogens is 296 g/mol. The van der Waals surface area contributed by atoms with Crippen LogP contribution in [0, 0.1) is 5.82 Å². The summed E-state index contributed by atoms with van der Waals surface area (Å²) >= 11 is 5.84. The molecule has 20 heavy (non-hydrogen) atoms. The lowest BCUT2D eigenvalue weighted by Gasteiger charge is -2.18. The Morgan fingerprint density at radius 2 is 1.65 bits per heavy atom. The highest BCUT2D eigenvalue weighted by Gasteiger charge is 2.35. The zero-order valence-electron chi connectivity index (χ0n) is 9.96. The van der Waals surface area contributed by atoms with Crippen LogP contribution in [0.1, 0.15) is 22.8 Å². The highest BCUT2D eigenvalue weighted by atomic mass is 35.5. The van der Waals surface area contributed by atoms with E-state index in [1.165, 1.54) is 18.2 Å². The molecule has 6 heteroatoms. The van der Waals surface area contributed by atoms with E-state index in [0.29, 0.717) is 18.2 Å². The van der Waals surface area contributed by atoms with Gasteiger partial charge in [0.25, 0.3) is 0 Å². The molecule has 0 heterocycles. The molecule has 0 aliphatic carbocycles. The molecule has 0 amide bonds. The van der Waals surface area contributed by atoms with E-state index in [0.717, 1.165) is 0 Å². The van der Waals surface area contributed by atoms with Gasteiger partial charge in [-0.05, 0) is 24.3 Å². The third-order valence-corrected chi connectivity index (χ3v) is 3.16. The van der Waals surface area contributed by atoms with Gasteiger partial charge in [0.2, 0.25) is 0 Å². The first-order valence-corrected chi connectivity index (χ1v) is 5.97. The van der Waals surface area contributed by atoms with Gasteiger partial charge in [-0.25, -0.2) is 4.39 Å². The summed E-state index contributed by atoms with van der Waals surface area (Å²) in [4.78, 5) is 0. The Hall–Kier alpha value is -1.59. The van der Waals surface area contributed by atoms with Crippen LogP contribution in [0.2, 0.25) is 5.02 Å². The SMILES string of the molecule is OC(c1ccccc1Cl)c1cc(F)ccc1C(F)(F)F. The van der Waals surface area contributed by atoms with Crippen LogP contribution in [0.5, 0.6) is 0 Å². The molecule has 0 saturated carbocycles. The van der Waals surface area contributed by atoms with Gasteiger partial charge in [-0.15, -0.1) is 0 Å². The summed E-state index contributed by atoms with van der Waals surface area (Å²) in [5.74, 6) is -0.862. The lowest BCUT2D eigenvalue weighted by atomic mass is 9.96. The van der Waals surface area contributed by atoms with Crippen LogP contribution in [0.4, 0.5) is 17.6 Å². The van der Waals surface area contributed by atoms with E-state index in [2.05, 4.69) is 0 Å². The number of halogens is 5. The summed E-state index contributed by atoms with van der Waals surface area (Å²) in [6.07, 6.45) is -6.35. The minimum absolute atomic E-state index is 0.0882. The maximum absolute atomic E-state index is 13.2. The van der Waals surface area contributed by atoms with Gasteiger partial charge in [0.1, 0.15) is 11.9 Å². The minimum Gasteiger partial charge on any atom is -0.384 e. The first kappa shape index (κ1) is 14.8. The average molecular weight is 305 g/mol. The molecule has 1 nitrogen and oxygen atoms in total. The van der Waals surface area contributed by atoms with E-state index < -0.39 is 29.2 Å². The molecular formula is C14H9ClF4O. The molecule has 2 aromatic carbocycles. The van der Waals surface area contributed by atoms with Crippen LogP contribution in [-0.2, 0) is 6.18 Å². The molecule has 2 rings (SSSR count). The van der Waals surface area contributed by atoms with Gasteiger partial charge in [-0.3, -0.25) is 0 Å². The minimum atomic E-state index is -4.69. The molecule has 0 fully saturated rings. The third-order valence-electron chi connectivity index (χ3n) is 2.81. The summed E-state index contributed by atoms with van der Waals surface area (Å²) in [5.41, 5.74) is -1.57. The largest absolute Gasteiger partial charge is 0.416 e. The highest BCUT2D eigenvalue weighted by Crippen LogP contribution is 2.38. The Morgan fingerprint density at radius 1 is 1.00 bits per heavy atom. The maximum Gasteiger partial charge on any atom is 0.416 e. The van der Waals surface area contributed by atoms with Crippen molar-refractivity contribution in [3.8, 4) is 0 Å². The summed E-state index contributed by atoms with van der Waals surface area (Å²) in [6, 6.07) is 7.89. The predicted molar refractivity (Wildman–Crippen MR) is 66.9 cm³/mol. The zero-order chi connectivity index (χ0) is 14.9. The quantitative estimate of drug-likeness (QED) is 0.805. The number of alkyl halides is 3. The normalized spacial score (nSPS) is 13.3. The number of aliphatic hydroxyl groups is 1. The van der Waals surface area contributed by atoms with Crippen LogP contribution in [0.25, 0.3) is 0 Å². The van der Waals surface area contributed by atoms with Crippen LogP contribution in [-0.4, -0.2) is 5.11 Å². The van der Waals surface area contributed by atoms with E-state index in [9.17, 15) is 22.7 Å². The van der Waals surface area contributed by atoms with Crippen LogP contribution >= 0.6 is 11.6 Å². The highest BCUT2D eigenvalue weighted by molar-refractivity contribution is 6.31. The van der Waals surface area contributed by atoms with E-state index in [1.807, 2.05) is 0 Å². The van der Waals surface area contributed by atoms with E-state index >= 15 is 0 Å². The number of hydrogen-bond acceptors (Lipinski definition) is 1. The number of benzene rings is 2. The van der Waals surface area contributed by atoms with Crippen molar-refractivity contribution in [2.45, 2.75) is 12.3 Å². The number of aliphatic hydroxyl groups excluding tert-OH is 1. The summed E-state index contributed by atoms with van der Waals surface area (Å²) < 4.78 is 51.9. The van der Waals surface area contributed by atoms with Gasteiger partial charge in [0.05, 0.1) is 5.56 Å². The standard InChI is InChI=1S/C14H9ClF4O/c15-12-4-2-1-3-9(12)13(20)10-7-8(16)5-6-11(10)14(17,18)19/h1-7,13,20H. The Kier molecular flexibility index (Phi) is 4.01. The molecule has 0 saturated heterocycles. The molecule has 2 aromatic rings. The van der Waals surface area contributed by atoms with Gasteiger partial charge in [-0.2, -0.15) is 13.2 Å². The molecule has 0 radical (unpaired) electrons. The van der Waals surface area contributed by atoms with Crippen LogP contribution in [0.15, 0.2) is 42.5 Å². The van der Waals surface area contributed by atoms with Crippen molar-refractivity contribution in [3.63, 3.8) is 0 Å². The Labute approximate surface area is 117 Å². The first-order chi connectivity index (χ1) is 9.30. The lowest BCUT2D eigenvalue weighted by Crippen LogP contribution is -2.13. The monoisotopic (exact) mass is 304 g/mol. The third kappa shape index (κ3) is 2.94. The van der Waals surface area contributed by atoms with Crippen molar-refractivity contribution in [1.29, 1.82) is 0 Å². The maximum atomic E-state index is 13.2. The number of rotatable bonds is 2. The lowest BCUT2D eigenvalue weighted by molar-refractivity contribution is -0.139. The van der Waals surface area contributed by atoms with Gasteiger partial charge < -0.3 is 5.11 Å². The number of hydrogen-bond donors (Lipinski definition) is 1. The molecule has 0 aliphatic rings. The topological polar surface area (TPSA) is 20.2 Å². The molecule has 0 spiro atoms. The molecule has 0 aliphatic heterocycles. The van der Waals surface area contributed by atoms with E-state index in [1.54, 1.807) is 6.07 Å². The smallest absolute Gasteiger partial charge is 0.384 e. The van der Waals surface area contributed by atoms with Crippen molar-refractivity contribution in [2.75, 3.05) is 0 Å². The summed E-state index contributed by atoms with van der Waals surface area (Å²) in [5, 5.41) is 10.2. The Bertz CT molecular complexity index is 625. The van der Waals surface area contributed by atoms with Crippen LogP contribution < -0.4 is 0 Å². The molecule has 106 valence electrons. The predicted octanol–water partition coefficient (Wildman–Crippen LogP) is 4.58. The average Bonchev–Trinajstić information content (AvgIpc) is 2.37. The molecule has 0 bridgehead atoms. The Balaban J connectivity index is 2.57. The van der Waals surface area contributed by atoms with E-state index in [4.69, 9.17) is 11.6 Å². The second kappa shape index (κ2) is 5.42. The van der Waals surface area contributed by atoms with Gasteiger partial charge in [0.15, 0.2) is 0 Å². The van der Waals surface area contributed by atoms with E-state index in [-0.39, 0.29) is 10.6 Å². The zero-order valence-corrected chi connectivity index (χ0v) is 10.7. The molecule has 0 aromatic heterocycles. The second-order valence-corrected chi connectivity index (χ2v) is 4.56. The molecule has 1 atom stereocenters. The fraction of sp³-hybridized carbons (Fsp3) is 0.143. The van der Waals surface area contributed by atoms with Gasteiger partial charge in [0, 0.05) is 16.1 Å². The summed E-state index contributed by atoms with van der Waals surface area (Å²) in [7, 11) is 0. The molecule has 1 N–H and O–H groups in total. The first-order valence-electron chi connectivity index (χ1n) is 5.60.